The molecule has 4 rings (SSSR count). The minimum absolute atomic E-state index is 0.0310. The van der Waals surface area contributed by atoms with Gasteiger partial charge in [0.05, 0.1) is 6.42 Å². The molecule has 4 heteroatoms. The fourth-order valence-electron chi connectivity index (χ4n) is 3.11. The first kappa shape index (κ1) is 17.0. The van der Waals surface area contributed by atoms with Crippen LogP contribution in [0.1, 0.15) is 16.7 Å². The lowest BCUT2D eigenvalue weighted by Gasteiger charge is -2.08. The Hall–Kier alpha value is -3.40. The summed E-state index contributed by atoms with van der Waals surface area (Å²) in [6, 6.07) is 21.3. The number of nitrogens with zero attached hydrogens (tertiary/aromatic N) is 1. The van der Waals surface area contributed by atoms with E-state index in [-0.39, 0.29) is 5.91 Å². The average molecular weight is 356 g/mol. The number of para-hydroxylation sites is 2. The van der Waals surface area contributed by atoms with Gasteiger partial charge in [-0.25, -0.2) is 4.98 Å². The summed E-state index contributed by atoms with van der Waals surface area (Å²) in [4.78, 5) is 16.8. The molecule has 0 saturated carbocycles. The summed E-state index contributed by atoms with van der Waals surface area (Å²) in [5.74, 6) is 0.543. The molecule has 3 aromatic carbocycles. The van der Waals surface area contributed by atoms with Crippen molar-refractivity contribution in [1.29, 1.82) is 0 Å². The number of nitrogens with one attached hydrogen (secondary N) is 1. The van der Waals surface area contributed by atoms with Gasteiger partial charge in [0.1, 0.15) is 5.52 Å². The molecular formula is C23H20N2O2. The van der Waals surface area contributed by atoms with Crippen molar-refractivity contribution in [3.05, 3.63) is 83.4 Å². The van der Waals surface area contributed by atoms with Crippen molar-refractivity contribution < 1.29 is 9.21 Å². The first-order valence-electron chi connectivity index (χ1n) is 8.90. The Kier molecular flexibility index (Phi) is 4.47. The van der Waals surface area contributed by atoms with E-state index in [2.05, 4.69) is 23.3 Å². The van der Waals surface area contributed by atoms with Gasteiger partial charge in [-0.15, -0.1) is 0 Å². The van der Waals surface area contributed by atoms with E-state index in [4.69, 9.17) is 4.42 Å². The van der Waals surface area contributed by atoms with Crippen LogP contribution in [0.3, 0.4) is 0 Å². The molecular weight excluding hydrogens is 336 g/mol. The smallest absolute Gasteiger partial charge is 0.228 e. The Morgan fingerprint density at radius 2 is 1.78 bits per heavy atom. The summed E-state index contributed by atoms with van der Waals surface area (Å²) in [7, 11) is 0. The zero-order chi connectivity index (χ0) is 18.8. The molecule has 0 bridgehead atoms. The molecule has 4 aromatic rings. The number of hydrogen-bond acceptors (Lipinski definition) is 3. The summed E-state index contributed by atoms with van der Waals surface area (Å²) in [5, 5.41) is 2.95. The highest BCUT2D eigenvalue weighted by Crippen LogP contribution is 2.25. The molecule has 0 atom stereocenters. The SMILES string of the molecule is Cc1ccc(CC(=O)Nc2ccc(-c3nc4ccccc4o3)cc2)c(C)c1. The van der Waals surface area contributed by atoms with Crippen LogP contribution in [0.15, 0.2) is 71.1 Å². The van der Waals surface area contributed by atoms with Crippen LogP contribution in [0, 0.1) is 13.8 Å². The van der Waals surface area contributed by atoms with Crippen LogP contribution in [-0.2, 0) is 11.2 Å². The minimum atomic E-state index is -0.0310. The predicted molar refractivity (Wildman–Crippen MR) is 108 cm³/mol. The van der Waals surface area contributed by atoms with E-state index in [1.807, 2.05) is 67.6 Å². The van der Waals surface area contributed by atoms with E-state index in [1.165, 1.54) is 5.56 Å². The molecule has 0 unspecified atom stereocenters. The normalized spacial score (nSPS) is 10.9. The summed E-state index contributed by atoms with van der Waals surface area (Å²) >= 11 is 0. The number of carbonyl (C=O) groups excluding carboxylic acids is 1. The van der Waals surface area contributed by atoms with Crippen molar-refractivity contribution in [2.75, 3.05) is 5.32 Å². The molecule has 0 aliphatic carbocycles. The van der Waals surface area contributed by atoms with Crippen LogP contribution in [0.25, 0.3) is 22.6 Å². The fraction of sp³-hybridized carbons (Fsp3) is 0.130. The van der Waals surface area contributed by atoms with Gasteiger partial charge in [0.2, 0.25) is 11.8 Å². The third-order valence-electron chi connectivity index (χ3n) is 4.56. The van der Waals surface area contributed by atoms with Gasteiger partial charge < -0.3 is 9.73 Å². The minimum Gasteiger partial charge on any atom is -0.436 e. The van der Waals surface area contributed by atoms with Gasteiger partial charge >= 0.3 is 0 Å². The maximum Gasteiger partial charge on any atom is 0.228 e. The van der Waals surface area contributed by atoms with Gasteiger partial charge in [-0.1, -0.05) is 35.9 Å². The van der Waals surface area contributed by atoms with Gasteiger partial charge in [0.15, 0.2) is 5.58 Å². The van der Waals surface area contributed by atoms with E-state index in [0.717, 1.165) is 33.5 Å². The molecule has 1 aromatic heterocycles. The number of rotatable bonds is 4. The zero-order valence-corrected chi connectivity index (χ0v) is 15.3. The van der Waals surface area contributed by atoms with E-state index in [0.29, 0.717) is 12.3 Å². The molecule has 0 radical (unpaired) electrons. The molecule has 0 spiro atoms. The van der Waals surface area contributed by atoms with E-state index < -0.39 is 0 Å². The zero-order valence-electron chi connectivity index (χ0n) is 15.3. The third kappa shape index (κ3) is 3.75. The van der Waals surface area contributed by atoms with Gasteiger partial charge in [-0.3, -0.25) is 4.79 Å². The molecule has 27 heavy (non-hydrogen) atoms. The number of oxazole rings is 1. The van der Waals surface area contributed by atoms with Crippen LogP contribution in [0.4, 0.5) is 5.69 Å². The second kappa shape index (κ2) is 7.08. The van der Waals surface area contributed by atoms with Crippen molar-refractivity contribution in [2.45, 2.75) is 20.3 Å². The van der Waals surface area contributed by atoms with Crippen molar-refractivity contribution in [3.8, 4) is 11.5 Å². The molecule has 134 valence electrons. The van der Waals surface area contributed by atoms with Crippen LogP contribution in [-0.4, -0.2) is 10.9 Å². The topological polar surface area (TPSA) is 55.1 Å². The third-order valence-corrected chi connectivity index (χ3v) is 4.56. The lowest BCUT2D eigenvalue weighted by Crippen LogP contribution is -2.15. The summed E-state index contributed by atoms with van der Waals surface area (Å²) in [5.41, 5.74) is 6.60. The van der Waals surface area contributed by atoms with Gasteiger partial charge in [-0.2, -0.15) is 0 Å². The van der Waals surface area contributed by atoms with Crippen LogP contribution < -0.4 is 5.32 Å². The average Bonchev–Trinajstić information content (AvgIpc) is 3.09. The molecule has 1 N–H and O–H groups in total. The fourth-order valence-corrected chi connectivity index (χ4v) is 3.11. The Morgan fingerprint density at radius 1 is 1.00 bits per heavy atom. The molecule has 1 heterocycles. The highest BCUT2D eigenvalue weighted by Gasteiger charge is 2.09. The number of fused-ring (bicyclic) bond motifs is 1. The van der Waals surface area contributed by atoms with Crippen molar-refractivity contribution in [1.82, 2.24) is 4.98 Å². The van der Waals surface area contributed by atoms with E-state index in [9.17, 15) is 4.79 Å². The van der Waals surface area contributed by atoms with Gasteiger partial charge in [0.25, 0.3) is 0 Å². The van der Waals surface area contributed by atoms with Crippen molar-refractivity contribution in [2.24, 2.45) is 0 Å². The largest absolute Gasteiger partial charge is 0.436 e. The quantitative estimate of drug-likeness (QED) is 0.540. The molecule has 4 nitrogen and oxygen atoms in total. The highest BCUT2D eigenvalue weighted by molar-refractivity contribution is 5.92. The van der Waals surface area contributed by atoms with Crippen LogP contribution >= 0.6 is 0 Å². The second-order valence-electron chi connectivity index (χ2n) is 6.72. The molecule has 0 saturated heterocycles. The number of aryl methyl sites for hydroxylation is 2. The number of anilines is 1. The van der Waals surface area contributed by atoms with Gasteiger partial charge in [0, 0.05) is 11.3 Å². The Labute approximate surface area is 157 Å². The maximum absolute atomic E-state index is 12.3. The summed E-state index contributed by atoms with van der Waals surface area (Å²) < 4.78 is 5.78. The summed E-state index contributed by atoms with van der Waals surface area (Å²) in [6.45, 7) is 4.08. The number of aromatic nitrogens is 1. The first-order chi connectivity index (χ1) is 13.1. The monoisotopic (exact) mass is 356 g/mol. The lowest BCUT2D eigenvalue weighted by molar-refractivity contribution is -0.115. The standard InChI is InChI=1S/C23H20N2O2/c1-15-7-8-18(16(2)13-15)14-22(26)24-19-11-9-17(10-12-19)23-25-20-5-3-4-6-21(20)27-23/h3-13H,14H2,1-2H3,(H,24,26). The Balaban J connectivity index is 1.46. The number of hydrogen-bond donors (Lipinski definition) is 1. The van der Waals surface area contributed by atoms with E-state index >= 15 is 0 Å². The summed E-state index contributed by atoms with van der Waals surface area (Å²) in [6.07, 6.45) is 0.360. The number of amides is 1. The van der Waals surface area contributed by atoms with Crippen LogP contribution in [0.5, 0.6) is 0 Å². The second-order valence-corrected chi connectivity index (χ2v) is 6.72. The molecule has 0 aliphatic heterocycles. The van der Waals surface area contributed by atoms with Crippen molar-refractivity contribution in [3.63, 3.8) is 0 Å². The lowest BCUT2D eigenvalue weighted by atomic mass is 10.0. The van der Waals surface area contributed by atoms with Crippen molar-refractivity contribution >= 4 is 22.7 Å². The first-order valence-corrected chi connectivity index (χ1v) is 8.90. The predicted octanol–water partition coefficient (Wildman–Crippen LogP) is 5.29. The highest BCUT2D eigenvalue weighted by atomic mass is 16.3. The Bertz CT molecular complexity index is 1080. The molecule has 0 fully saturated rings. The number of benzene rings is 3. The number of carbonyl (C=O) groups is 1. The Morgan fingerprint density at radius 3 is 2.52 bits per heavy atom. The van der Waals surface area contributed by atoms with Crippen LogP contribution in [0.2, 0.25) is 0 Å². The van der Waals surface area contributed by atoms with Gasteiger partial charge in [-0.05, 0) is 61.4 Å². The van der Waals surface area contributed by atoms with E-state index in [1.54, 1.807) is 0 Å². The molecule has 1 amide bonds. The molecule has 0 aliphatic rings. The maximum atomic E-state index is 12.3.